The number of aromatic nitrogens is 1. The molecule has 136 valence electrons. The zero-order valence-electron chi connectivity index (χ0n) is 15.5. The molecule has 0 N–H and O–H groups in total. The number of ether oxygens (including phenoxy) is 1. The highest BCUT2D eigenvalue weighted by Gasteiger charge is 2.11. The van der Waals surface area contributed by atoms with Gasteiger partial charge in [0.1, 0.15) is 0 Å². The Morgan fingerprint density at radius 1 is 1.19 bits per heavy atom. The van der Waals surface area contributed by atoms with Gasteiger partial charge in [-0.25, -0.2) is 0 Å². The van der Waals surface area contributed by atoms with Crippen molar-refractivity contribution < 1.29 is 9.53 Å². The fraction of sp³-hybridized carbons (Fsp3) is 0.333. The van der Waals surface area contributed by atoms with Crippen LogP contribution in [0, 0.1) is 13.8 Å². The third-order valence-electron chi connectivity index (χ3n) is 4.20. The van der Waals surface area contributed by atoms with Crippen molar-refractivity contribution in [1.29, 1.82) is 0 Å². The van der Waals surface area contributed by atoms with Crippen LogP contribution >= 0.6 is 11.3 Å². The first-order chi connectivity index (χ1) is 12.6. The largest absolute Gasteiger partial charge is 0.380 e. The first-order valence-corrected chi connectivity index (χ1v) is 9.70. The SMILES string of the molecule is CCOCCn1c(=NC(=O)Cc2ccccc2)sc2c(C)cc(C)cc21. The maximum Gasteiger partial charge on any atom is 0.252 e. The number of hydrogen-bond donors (Lipinski definition) is 0. The van der Waals surface area contributed by atoms with Crippen LogP contribution in [0.4, 0.5) is 0 Å². The molecule has 5 heteroatoms. The molecule has 0 saturated heterocycles. The van der Waals surface area contributed by atoms with Gasteiger partial charge >= 0.3 is 0 Å². The maximum atomic E-state index is 12.5. The van der Waals surface area contributed by atoms with E-state index in [1.54, 1.807) is 11.3 Å². The molecule has 26 heavy (non-hydrogen) atoms. The molecule has 0 bridgehead atoms. The van der Waals surface area contributed by atoms with Gasteiger partial charge < -0.3 is 9.30 Å². The second kappa shape index (κ2) is 8.43. The summed E-state index contributed by atoms with van der Waals surface area (Å²) >= 11 is 1.58. The minimum absolute atomic E-state index is 0.123. The number of hydrogen-bond acceptors (Lipinski definition) is 3. The Morgan fingerprint density at radius 2 is 1.96 bits per heavy atom. The van der Waals surface area contributed by atoms with Gasteiger partial charge in [0.2, 0.25) is 0 Å². The molecule has 0 atom stereocenters. The van der Waals surface area contributed by atoms with Crippen molar-refractivity contribution in [2.24, 2.45) is 4.99 Å². The smallest absolute Gasteiger partial charge is 0.252 e. The highest BCUT2D eigenvalue weighted by atomic mass is 32.1. The summed E-state index contributed by atoms with van der Waals surface area (Å²) in [5.74, 6) is -0.123. The van der Waals surface area contributed by atoms with Crippen LogP contribution in [0.5, 0.6) is 0 Å². The van der Waals surface area contributed by atoms with Crippen LogP contribution in [0.1, 0.15) is 23.6 Å². The summed E-state index contributed by atoms with van der Waals surface area (Å²) in [5.41, 5.74) is 4.53. The number of thiazole rings is 1. The van der Waals surface area contributed by atoms with E-state index >= 15 is 0 Å². The standard InChI is InChI=1S/C21H24N2O2S/c1-4-25-11-10-23-18-13-15(2)12-16(3)20(18)26-21(23)22-19(24)14-17-8-6-5-7-9-17/h5-9,12-13H,4,10-11,14H2,1-3H3. The lowest BCUT2D eigenvalue weighted by Crippen LogP contribution is -2.20. The fourth-order valence-corrected chi connectivity index (χ4v) is 4.15. The van der Waals surface area contributed by atoms with Gasteiger partial charge in [0.25, 0.3) is 5.91 Å². The van der Waals surface area contributed by atoms with Gasteiger partial charge in [-0.05, 0) is 43.5 Å². The highest BCUT2D eigenvalue weighted by Crippen LogP contribution is 2.23. The molecule has 3 aromatic rings. The second-order valence-electron chi connectivity index (χ2n) is 6.33. The van der Waals surface area contributed by atoms with Crippen LogP contribution in [0.2, 0.25) is 0 Å². The van der Waals surface area contributed by atoms with Crippen molar-refractivity contribution in [3.63, 3.8) is 0 Å². The van der Waals surface area contributed by atoms with E-state index in [1.807, 2.05) is 37.3 Å². The molecule has 0 radical (unpaired) electrons. The predicted molar refractivity (Wildman–Crippen MR) is 106 cm³/mol. The van der Waals surface area contributed by atoms with Crippen molar-refractivity contribution in [1.82, 2.24) is 4.57 Å². The first-order valence-electron chi connectivity index (χ1n) is 8.88. The summed E-state index contributed by atoms with van der Waals surface area (Å²) < 4.78 is 8.82. The Kier molecular flexibility index (Phi) is 6.01. The van der Waals surface area contributed by atoms with Crippen LogP contribution in [0.25, 0.3) is 10.2 Å². The zero-order valence-corrected chi connectivity index (χ0v) is 16.3. The molecule has 1 aromatic heterocycles. The van der Waals surface area contributed by atoms with E-state index < -0.39 is 0 Å². The Bertz CT molecular complexity index is 971. The van der Waals surface area contributed by atoms with Crippen molar-refractivity contribution in [3.05, 3.63) is 64.0 Å². The van der Waals surface area contributed by atoms with Crippen molar-refractivity contribution in [2.75, 3.05) is 13.2 Å². The van der Waals surface area contributed by atoms with E-state index in [9.17, 15) is 4.79 Å². The van der Waals surface area contributed by atoms with Crippen LogP contribution in [-0.4, -0.2) is 23.7 Å². The number of carbonyl (C=O) groups excluding carboxylic acids is 1. The summed E-state index contributed by atoms with van der Waals surface area (Å²) in [7, 11) is 0. The summed E-state index contributed by atoms with van der Waals surface area (Å²) in [6, 6.07) is 14.1. The van der Waals surface area contributed by atoms with E-state index in [4.69, 9.17) is 4.74 Å². The molecular formula is C21H24N2O2S. The average Bonchev–Trinajstić information content (AvgIpc) is 2.94. The van der Waals surface area contributed by atoms with E-state index in [0.717, 1.165) is 15.9 Å². The second-order valence-corrected chi connectivity index (χ2v) is 7.31. The average molecular weight is 369 g/mol. The number of carbonyl (C=O) groups is 1. The molecule has 0 aliphatic heterocycles. The summed E-state index contributed by atoms with van der Waals surface area (Å²) in [5, 5.41) is 0. The Morgan fingerprint density at radius 3 is 2.69 bits per heavy atom. The number of benzene rings is 2. The quantitative estimate of drug-likeness (QED) is 0.617. The summed E-state index contributed by atoms with van der Waals surface area (Å²) in [6.07, 6.45) is 0.318. The summed E-state index contributed by atoms with van der Waals surface area (Å²) in [6.45, 7) is 8.16. The molecule has 0 spiro atoms. The van der Waals surface area contributed by atoms with Gasteiger partial charge in [0.05, 0.1) is 23.2 Å². The number of aryl methyl sites for hydroxylation is 2. The Hall–Kier alpha value is -2.24. The molecule has 0 fully saturated rings. The number of fused-ring (bicyclic) bond motifs is 1. The topological polar surface area (TPSA) is 43.6 Å². The van der Waals surface area contributed by atoms with Crippen LogP contribution in [-0.2, 0) is 22.5 Å². The van der Waals surface area contributed by atoms with Crippen LogP contribution in [0.15, 0.2) is 47.5 Å². The molecule has 3 rings (SSSR count). The third kappa shape index (κ3) is 4.29. The predicted octanol–water partition coefficient (Wildman–Crippen LogP) is 4.03. The van der Waals surface area contributed by atoms with Gasteiger partial charge in [-0.3, -0.25) is 4.79 Å². The molecule has 1 heterocycles. The van der Waals surface area contributed by atoms with E-state index in [-0.39, 0.29) is 5.91 Å². The molecule has 4 nitrogen and oxygen atoms in total. The molecule has 0 saturated carbocycles. The van der Waals surface area contributed by atoms with E-state index in [2.05, 4.69) is 35.5 Å². The van der Waals surface area contributed by atoms with Crippen LogP contribution < -0.4 is 4.80 Å². The molecular weight excluding hydrogens is 344 g/mol. The van der Waals surface area contributed by atoms with Gasteiger partial charge in [-0.1, -0.05) is 47.7 Å². The number of rotatable bonds is 6. The lowest BCUT2D eigenvalue weighted by molar-refractivity contribution is -0.117. The molecule has 0 unspecified atom stereocenters. The third-order valence-corrected chi connectivity index (χ3v) is 5.43. The molecule has 1 amide bonds. The van der Waals surface area contributed by atoms with Crippen molar-refractivity contribution >= 4 is 27.5 Å². The highest BCUT2D eigenvalue weighted by molar-refractivity contribution is 7.16. The fourth-order valence-electron chi connectivity index (χ4n) is 3.03. The maximum absolute atomic E-state index is 12.5. The van der Waals surface area contributed by atoms with Crippen LogP contribution in [0.3, 0.4) is 0 Å². The normalized spacial score (nSPS) is 12.0. The molecule has 0 aliphatic rings. The van der Waals surface area contributed by atoms with E-state index in [0.29, 0.717) is 26.2 Å². The van der Waals surface area contributed by atoms with Crippen molar-refractivity contribution in [2.45, 2.75) is 33.7 Å². The molecule has 2 aromatic carbocycles. The van der Waals surface area contributed by atoms with Crippen molar-refractivity contribution in [3.8, 4) is 0 Å². The summed E-state index contributed by atoms with van der Waals surface area (Å²) in [4.78, 5) is 17.7. The van der Waals surface area contributed by atoms with Gasteiger partial charge in [0.15, 0.2) is 4.80 Å². The Labute approximate surface area is 157 Å². The van der Waals surface area contributed by atoms with Gasteiger partial charge in [-0.2, -0.15) is 4.99 Å². The minimum atomic E-state index is -0.123. The van der Waals surface area contributed by atoms with E-state index in [1.165, 1.54) is 15.8 Å². The monoisotopic (exact) mass is 368 g/mol. The minimum Gasteiger partial charge on any atom is -0.380 e. The Balaban J connectivity index is 2.01. The number of amides is 1. The lowest BCUT2D eigenvalue weighted by atomic mass is 10.1. The first kappa shape index (κ1) is 18.5. The molecule has 0 aliphatic carbocycles. The van der Waals surface area contributed by atoms with Gasteiger partial charge in [-0.15, -0.1) is 0 Å². The number of nitrogens with zero attached hydrogens (tertiary/aromatic N) is 2. The zero-order chi connectivity index (χ0) is 18.5. The van der Waals surface area contributed by atoms with Gasteiger partial charge in [0, 0.05) is 13.2 Å². The lowest BCUT2D eigenvalue weighted by Gasteiger charge is -2.07.